The smallest absolute Gasteiger partial charge is 0.142 e. The van der Waals surface area contributed by atoms with Gasteiger partial charge in [-0.25, -0.2) is 0 Å². The number of benzene rings is 1. The van der Waals surface area contributed by atoms with Gasteiger partial charge in [0, 0.05) is 44.2 Å². The fraction of sp³-hybridized carbons (Fsp3) is 0.600. The number of para-hydroxylation sites is 1. The third-order valence-electron chi connectivity index (χ3n) is 3.95. The fourth-order valence-electron chi connectivity index (χ4n) is 2.82. The van der Waals surface area contributed by atoms with Crippen LogP contribution in [0.3, 0.4) is 0 Å². The maximum atomic E-state index is 6.19. The second-order valence-corrected chi connectivity index (χ2v) is 5.66. The van der Waals surface area contributed by atoms with Crippen LogP contribution < -0.4 is 10.1 Å². The van der Waals surface area contributed by atoms with E-state index in [0.29, 0.717) is 11.1 Å². The van der Waals surface area contributed by atoms with Crippen molar-refractivity contribution in [3.05, 3.63) is 28.8 Å². The molecule has 0 aromatic heterocycles. The maximum absolute atomic E-state index is 6.19. The summed E-state index contributed by atoms with van der Waals surface area (Å²) in [5.74, 6) is 0.851. The highest BCUT2D eigenvalue weighted by Crippen LogP contribution is 2.37. The molecule has 0 aliphatic carbocycles. The third-order valence-corrected chi connectivity index (χ3v) is 4.25. The minimum atomic E-state index is 0.346. The highest BCUT2D eigenvalue weighted by molar-refractivity contribution is 6.32. The molecule has 1 saturated heterocycles. The standard InChI is InChI=1S/C15H21ClN2O2/c16-13-3-1-2-12-14(4-9-20-15(12)13)17-5-6-18-7-10-19-11-8-18/h1-3,14,17H,4-11H2. The molecule has 1 fully saturated rings. The molecule has 2 heterocycles. The molecule has 1 aromatic carbocycles. The van der Waals surface area contributed by atoms with Crippen molar-refractivity contribution in [3.63, 3.8) is 0 Å². The molecule has 110 valence electrons. The van der Waals surface area contributed by atoms with E-state index in [1.165, 1.54) is 5.56 Å². The first-order valence-electron chi connectivity index (χ1n) is 7.29. The highest BCUT2D eigenvalue weighted by atomic mass is 35.5. The summed E-state index contributed by atoms with van der Waals surface area (Å²) in [5, 5.41) is 4.34. The van der Waals surface area contributed by atoms with Crippen LogP contribution in [0.25, 0.3) is 0 Å². The van der Waals surface area contributed by atoms with Gasteiger partial charge in [-0.2, -0.15) is 0 Å². The van der Waals surface area contributed by atoms with Gasteiger partial charge in [-0.3, -0.25) is 4.90 Å². The van der Waals surface area contributed by atoms with Crippen LogP contribution in [0, 0.1) is 0 Å². The lowest BCUT2D eigenvalue weighted by Gasteiger charge is -2.30. The second kappa shape index (κ2) is 6.76. The van der Waals surface area contributed by atoms with E-state index >= 15 is 0 Å². The van der Waals surface area contributed by atoms with E-state index in [0.717, 1.165) is 58.2 Å². The van der Waals surface area contributed by atoms with Crippen LogP contribution in [0.2, 0.25) is 5.02 Å². The Morgan fingerprint density at radius 3 is 2.95 bits per heavy atom. The van der Waals surface area contributed by atoms with E-state index in [-0.39, 0.29) is 0 Å². The zero-order valence-corrected chi connectivity index (χ0v) is 12.4. The molecule has 3 rings (SSSR count). The van der Waals surface area contributed by atoms with Crippen molar-refractivity contribution in [2.75, 3.05) is 46.0 Å². The molecule has 0 saturated carbocycles. The molecule has 2 aliphatic heterocycles. The first-order chi connectivity index (χ1) is 9.84. The van der Waals surface area contributed by atoms with E-state index in [9.17, 15) is 0 Å². The summed E-state index contributed by atoms with van der Waals surface area (Å²) in [6.45, 7) is 6.57. The Kier molecular flexibility index (Phi) is 4.78. The summed E-state index contributed by atoms with van der Waals surface area (Å²) in [6, 6.07) is 6.33. The molecule has 0 bridgehead atoms. The number of halogens is 1. The molecule has 1 atom stereocenters. The van der Waals surface area contributed by atoms with Gasteiger partial charge in [-0.05, 0) is 6.07 Å². The summed E-state index contributed by atoms with van der Waals surface area (Å²) in [6.07, 6.45) is 0.996. The number of morpholine rings is 1. The van der Waals surface area contributed by atoms with Gasteiger partial charge in [-0.1, -0.05) is 23.7 Å². The average molecular weight is 297 g/mol. The van der Waals surface area contributed by atoms with E-state index in [4.69, 9.17) is 21.1 Å². The predicted molar refractivity (Wildman–Crippen MR) is 79.6 cm³/mol. The van der Waals surface area contributed by atoms with Crippen molar-refractivity contribution in [1.29, 1.82) is 0 Å². The lowest BCUT2D eigenvalue weighted by Crippen LogP contribution is -2.41. The van der Waals surface area contributed by atoms with Gasteiger partial charge in [0.25, 0.3) is 0 Å². The molecular weight excluding hydrogens is 276 g/mol. The van der Waals surface area contributed by atoms with Crippen LogP contribution in [-0.2, 0) is 4.74 Å². The Hall–Kier alpha value is -0.810. The lowest BCUT2D eigenvalue weighted by atomic mass is 10.0. The Labute approximate surface area is 125 Å². The zero-order chi connectivity index (χ0) is 13.8. The predicted octanol–water partition coefficient (Wildman–Crippen LogP) is 2.09. The quantitative estimate of drug-likeness (QED) is 0.922. The number of hydrogen-bond acceptors (Lipinski definition) is 4. The Bertz CT molecular complexity index is 449. The molecule has 1 N–H and O–H groups in total. The van der Waals surface area contributed by atoms with Crippen LogP contribution in [0.1, 0.15) is 18.0 Å². The first-order valence-corrected chi connectivity index (χ1v) is 7.67. The van der Waals surface area contributed by atoms with Gasteiger partial charge in [0.2, 0.25) is 0 Å². The van der Waals surface area contributed by atoms with Crippen molar-refractivity contribution in [1.82, 2.24) is 10.2 Å². The van der Waals surface area contributed by atoms with E-state index in [1.807, 2.05) is 12.1 Å². The molecular formula is C15H21ClN2O2. The number of nitrogens with one attached hydrogen (secondary N) is 1. The van der Waals surface area contributed by atoms with E-state index in [2.05, 4.69) is 16.3 Å². The molecule has 4 nitrogen and oxygen atoms in total. The molecule has 2 aliphatic rings. The van der Waals surface area contributed by atoms with Gasteiger partial charge in [0.15, 0.2) is 0 Å². The molecule has 1 unspecified atom stereocenters. The summed E-state index contributed by atoms with van der Waals surface area (Å²) >= 11 is 6.19. The molecule has 1 aromatic rings. The molecule has 20 heavy (non-hydrogen) atoms. The Morgan fingerprint density at radius 1 is 1.25 bits per heavy atom. The molecule has 0 spiro atoms. The minimum Gasteiger partial charge on any atom is -0.492 e. The first kappa shape index (κ1) is 14.1. The van der Waals surface area contributed by atoms with Crippen LogP contribution >= 0.6 is 11.6 Å². The summed E-state index contributed by atoms with van der Waals surface area (Å²) in [7, 11) is 0. The van der Waals surface area contributed by atoms with Crippen molar-refractivity contribution in [3.8, 4) is 5.75 Å². The molecule has 0 radical (unpaired) electrons. The summed E-state index contributed by atoms with van der Waals surface area (Å²) < 4.78 is 11.0. The largest absolute Gasteiger partial charge is 0.492 e. The number of fused-ring (bicyclic) bond motifs is 1. The SMILES string of the molecule is Clc1cccc2c1OCCC2NCCN1CCOCC1. The monoisotopic (exact) mass is 296 g/mol. The van der Waals surface area contributed by atoms with Crippen molar-refractivity contribution < 1.29 is 9.47 Å². The van der Waals surface area contributed by atoms with Crippen LogP contribution in [0.15, 0.2) is 18.2 Å². The van der Waals surface area contributed by atoms with Crippen molar-refractivity contribution in [2.24, 2.45) is 0 Å². The van der Waals surface area contributed by atoms with Gasteiger partial charge in [-0.15, -0.1) is 0 Å². The molecule has 0 amide bonds. The van der Waals surface area contributed by atoms with Gasteiger partial charge >= 0.3 is 0 Å². The summed E-state index contributed by atoms with van der Waals surface area (Å²) in [5.41, 5.74) is 1.19. The number of ether oxygens (including phenoxy) is 2. The number of nitrogens with zero attached hydrogens (tertiary/aromatic N) is 1. The highest BCUT2D eigenvalue weighted by Gasteiger charge is 2.22. The van der Waals surface area contributed by atoms with Crippen LogP contribution in [-0.4, -0.2) is 50.9 Å². The minimum absolute atomic E-state index is 0.346. The molecule has 5 heteroatoms. The normalized spacial score (nSPS) is 23.1. The van der Waals surface area contributed by atoms with Gasteiger partial charge < -0.3 is 14.8 Å². The average Bonchev–Trinajstić information content (AvgIpc) is 2.49. The number of rotatable bonds is 4. The van der Waals surface area contributed by atoms with E-state index in [1.54, 1.807) is 0 Å². The lowest BCUT2D eigenvalue weighted by molar-refractivity contribution is 0.0379. The van der Waals surface area contributed by atoms with Crippen LogP contribution in [0.5, 0.6) is 5.75 Å². The summed E-state index contributed by atoms with van der Waals surface area (Å²) in [4.78, 5) is 2.44. The fourth-order valence-corrected chi connectivity index (χ4v) is 3.06. The zero-order valence-electron chi connectivity index (χ0n) is 11.6. The Morgan fingerprint density at radius 2 is 2.10 bits per heavy atom. The van der Waals surface area contributed by atoms with Crippen LogP contribution in [0.4, 0.5) is 0 Å². The van der Waals surface area contributed by atoms with E-state index < -0.39 is 0 Å². The topological polar surface area (TPSA) is 33.7 Å². The number of hydrogen-bond donors (Lipinski definition) is 1. The maximum Gasteiger partial charge on any atom is 0.142 e. The second-order valence-electron chi connectivity index (χ2n) is 5.26. The third kappa shape index (κ3) is 3.26. The van der Waals surface area contributed by atoms with Crippen molar-refractivity contribution >= 4 is 11.6 Å². The van der Waals surface area contributed by atoms with Gasteiger partial charge in [0.05, 0.1) is 24.8 Å². The Balaban J connectivity index is 1.55. The van der Waals surface area contributed by atoms with Crippen molar-refractivity contribution in [2.45, 2.75) is 12.5 Å². The van der Waals surface area contributed by atoms with Gasteiger partial charge in [0.1, 0.15) is 5.75 Å².